The van der Waals surface area contributed by atoms with Gasteiger partial charge in [0.15, 0.2) is 0 Å². The molecule has 4 atom stereocenters. The second kappa shape index (κ2) is 10.2. The van der Waals surface area contributed by atoms with Gasteiger partial charge in [0, 0.05) is 22.5 Å². The molecule has 168 valence electrons. The normalized spacial score (nSPS) is 28.3. The topological polar surface area (TPSA) is 21.7 Å². The summed E-state index contributed by atoms with van der Waals surface area (Å²) in [5, 5.41) is 0. The first-order valence-corrected chi connectivity index (χ1v) is 12.5. The Labute approximate surface area is 196 Å². The molecule has 2 fully saturated rings. The van der Waals surface area contributed by atoms with Crippen LogP contribution in [0.4, 0.5) is 0 Å². The summed E-state index contributed by atoms with van der Waals surface area (Å²) < 4.78 is 14.1. The number of hydrogen-bond acceptors (Lipinski definition) is 3. The summed E-state index contributed by atoms with van der Waals surface area (Å²) in [6, 6.07) is 19.0. The highest BCUT2D eigenvalue weighted by molar-refractivity contribution is 9.10. The molecule has 1 saturated carbocycles. The first-order chi connectivity index (χ1) is 14.9. The maximum atomic E-state index is 6.75. The maximum absolute atomic E-state index is 6.75. The van der Waals surface area contributed by atoms with Crippen molar-refractivity contribution >= 4 is 15.9 Å². The van der Waals surface area contributed by atoms with Crippen molar-refractivity contribution < 1.29 is 9.47 Å². The minimum Gasteiger partial charge on any atom is -0.373 e. The van der Waals surface area contributed by atoms with Crippen LogP contribution >= 0.6 is 15.9 Å². The molecular formula is C27H36BrNO2. The number of benzene rings is 2. The lowest BCUT2D eigenvalue weighted by molar-refractivity contribution is -0.247. The SMILES string of the molecule is C[C@H]1CC[C@H]2[C@H](C1)O[C@H](COCc1ccccc1)N(CCc1ccccc1Br)C2(C)C. The highest BCUT2D eigenvalue weighted by Gasteiger charge is 2.50. The molecule has 0 radical (unpaired) electrons. The van der Waals surface area contributed by atoms with Gasteiger partial charge in [0.25, 0.3) is 0 Å². The van der Waals surface area contributed by atoms with Crippen molar-refractivity contribution in [2.75, 3.05) is 13.2 Å². The molecule has 31 heavy (non-hydrogen) atoms. The van der Waals surface area contributed by atoms with E-state index < -0.39 is 0 Å². The Morgan fingerprint density at radius 3 is 2.58 bits per heavy atom. The Kier molecular flexibility index (Phi) is 7.53. The Hall–Kier alpha value is -1.20. The minimum atomic E-state index is -0.00671. The van der Waals surface area contributed by atoms with Gasteiger partial charge in [-0.15, -0.1) is 0 Å². The zero-order valence-corrected chi connectivity index (χ0v) is 20.7. The summed E-state index contributed by atoms with van der Waals surface area (Å²) in [7, 11) is 0. The largest absolute Gasteiger partial charge is 0.373 e. The third-order valence-electron chi connectivity index (χ3n) is 7.33. The summed E-state index contributed by atoms with van der Waals surface area (Å²) in [5.74, 6) is 1.32. The molecule has 1 aliphatic heterocycles. The average molecular weight is 486 g/mol. The number of fused-ring (bicyclic) bond motifs is 1. The zero-order chi connectivity index (χ0) is 21.8. The van der Waals surface area contributed by atoms with Crippen molar-refractivity contribution in [3.63, 3.8) is 0 Å². The molecule has 2 aromatic rings. The van der Waals surface area contributed by atoms with Crippen LogP contribution in [-0.4, -0.2) is 35.9 Å². The van der Waals surface area contributed by atoms with Gasteiger partial charge >= 0.3 is 0 Å². The first kappa shape index (κ1) is 23.0. The second-order valence-electron chi connectivity index (χ2n) is 9.84. The molecule has 0 spiro atoms. The van der Waals surface area contributed by atoms with Gasteiger partial charge in [0.05, 0.1) is 19.3 Å². The van der Waals surface area contributed by atoms with Gasteiger partial charge in [-0.3, -0.25) is 4.90 Å². The van der Waals surface area contributed by atoms with E-state index >= 15 is 0 Å². The van der Waals surface area contributed by atoms with E-state index in [1.165, 1.54) is 34.9 Å². The van der Waals surface area contributed by atoms with Gasteiger partial charge in [0.2, 0.25) is 0 Å². The lowest BCUT2D eigenvalue weighted by Crippen LogP contribution is -2.65. The molecule has 2 aliphatic rings. The van der Waals surface area contributed by atoms with E-state index in [0.717, 1.165) is 18.9 Å². The predicted molar refractivity (Wildman–Crippen MR) is 130 cm³/mol. The van der Waals surface area contributed by atoms with Crippen LogP contribution < -0.4 is 0 Å². The molecule has 1 heterocycles. The Bertz CT molecular complexity index is 840. The van der Waals surface area contributed by atoms with Crippen LogP contribution in [0, 0.1) is 11.8 Å². The number of nitrogens with zero attached hydrogens (tertiary/aromatic N) is 1. The van der Waals surface area contributed by atoms with Crippen molar-refractivity contribution in [3.05, 3.63) is 70.2 Å². The van der Waals surface area contributed by atoms with E-state index in [-0.39, 0.29) is 11.8 Å². The minimum absolute atomic E-state index is 0.00671. The highest BCUT2D eigenvalue weighted by atomic mass is 79.9. The summed E-state index contributed by atoms with van der Waals surface area (Å²) in [6.45, 7) is 9.41. The molecule has 0 unspecified atom stereocenters. The lowest BCUT2D eigenvalue weighted by Gasteiger charge is -2.57. The van der Waals surface area contributed by atoms with Gasteiger partial charge < -0.3 is 9.47 Å². The molecule has 0 aromatic heterocycles. The van der Waals surface area contributed by atoms with Crippen LogP contribution in [-0.2, 0) is 22.5 Å². The summed E-state index contributed by atoms with van der Waals surface area (Å²) in [5.41, 5.74) is 2.65. The third-order valence-corrected chi connectivity index (χ3v) is 8.11. The fourth-order valence-corrected chi connectivity index (χ4v) is 5.98. The van der Waals surface area contributed by atoms with Crippen molar-refractivity contribution in [1.29, 1.82) is 0 Å². The third kappa shape index (κ3) is 5.42. The van der Waals surface area contributed by atoms with Crippen LogP contribution in [0.25, 0.3) is 0 Å². The standard InChI is InChI=1S/C27H36BrNO2/c1-20-13-14-23-25(17-20)31-26(19-30-18-21-9-5-4-6-10-21)29(27(23,2)3)16-15-22-11-7-8-12-24(22)28/h4-12,20,23,25-26H,13-19H2,1-3H3/t20-,23-,25-,26+/m0/s1. The van der Waals surface area contributed by atoms with Crippen molar-refractivity contribution in [1.82, 2.24) is 4.90 Å². The highest BCUT2D eigenvalue weighted by Crippen LogP contribution is 2.45. The van der Waals surface area contributed by atoms with Crippen LogP contribution in [0.3, 0.4) is 0 Å². The number of rotatable bonds is 7. The summed E-state index contributed by atoms with van der Waals surface area (Å²) in [6.07, 6.45) is 5.05. The summed E-state index contributed by atoms with van der Waals surface area (Å²) in [4.78, 5) is 2.58. The molecular weight excluding hydrogens is 450 g/mol. The first-order valence-electron chi connectivity index (χ1n) is 11.7. The lowest BCUT2D eigenvalue weighted by atomic mass is 9.69. The average Bonchev–Trinajstić information content (AvgIpc) is 2.75. The van der Waals surface area contributed by atoms with Crippen LogP contribution in [0.15, 0.2) is 59.1 Å². The smallest absolute Gasteiger partial charge is 0.135 e. The van der Waals surface area contributed by atoms with Gasteiger partial charge in [-0.2, -0.15) is 0 Å². The summed E-state index contributed by atoms with van der Waals surface area (Å²) >= 11 is 3.72. The Balaban J connectivity index is 1.49. The Morgan fingerprint density at radius 1 is 1.06 bits per heavy atom. The monoisotopic (exact) mass is 485 g/mol. The van der Waals surface area contributed by atoms with Gasteiger partial charge in [-0.25, -0.2) is 0 Å². The predicted octanol–water partition coefficient (Wildman–Crippen LogP) is 6.45. The van der Waals surface area contributed by atoms with Crippen molar-refractivity contribution in [2.24, 2.45) is 11.8 Å². The fourth-order valence-electron chi connectivity index (χ4n) is 5.50. The van der Waals surface area contributed by atoms with E-state index in [1.807, 2.05) is 6.07 Å². The van der Waals surface area contributed by atoms with Gasteiger partial charge in [0.1, 0.15) is 6.23 Å². The molecule has 0 amide bonds. The van der Waals surface area contributed by atoms with Crippen LogP contribution in [0.5, 0.6) is 0 Å². The maximum Gasteiger partial charge on any atom is 0.135 e. The quantitative estimate of drug-likeness (QED) is 0.449. The molecule has 1 aliphatic carbocycles. The number of halogens is 1. The zero-order valence-electron chi connectivity index (χ0n) is 19.1. The van der Waals surface area contributed by atoms with Gasteiger partial charge in [-0.1, -0.05) is 77.8 Å². The second-order valence-corrected chi connectivity index (χ2v) is 10.7. The van der Waals surface area contributed by atoms with Crippen LogP contribution in [0.2, 0.25) is 0 Å². The fraction of sp³-hybridized carbons (Fsp3) is 0.556. The molecule has 2 aromatic carbocycles. The van der Waals surface area contributed by atoms with Gasteiger partial charge in [-0.05, 0) is 56.2 Å². The molecule has 4 rings (SSSR count). The molecule has 0 bridgehead atoms. The molecule has 4 heteroatoms. The molecule has 3 nitrogen and oxygen atoms in total. The van der Waals surface area contributed by atoms with E-state index in [2.05, 4.69) is 90.1 Å². The molecule has 0 N–H and O–H groups in total. The molecule has 1 saturated heterocycles. The van der Waals surface area contributed by atoms with E-state index in [4.69, 9.17) is 9.47 Å². The van der Waals surface area contributed by atoms with E-state index in [9.17, 15) is 0 Å². The van der Waals surface area contributed by atoms with E-state index in [1.54, 1.807) is 0 Å². The van der Waals surface area contributed by atoms with E-state index in [0.29, 0.717) is 25.2 Å². The van der Waals surface area contributed by atoms with Crippen molar-refractivity contribution in [2.45, 2.75) is 70.9 Å². The van der Waals surface area contributed by atoms with Crippen molar-refractivity contribution in [3.8, 4) is 0 Å². The van der Waals surface area contributed by atoms with Crippen LogP contribution in [0.1, 0.15) is 51.2 Å². The Morgan fingerprint density at radius 2 is 1.81 bits per heavy atom. The number of hydrogen-bond donors (Lipinski definition) is 0. The number of ether oxygens (including phenoxy) is 2.